The molecule has 0 fully saturated rings. The minimum atomic E-state index is -0.143. The van der Waals surface area contributed by atoms with Crippen LogP contribution in [-0.2, 0) is 0 Å². The van der Waals surface area contributed by atoms with E-state index in [2.05, 4.69) is 27.7 Å². The van der Waals surface area contributed by atoms with E-state index in [1.54, 1.807) is 0 Å². The molecule has 0 radical (unpaired) electrons. The quantitative estimate of drug-likeness (QED) is 0.531. The summed E-state index contributed by atoms with van der Waals surface area (Å²) in [6.45, 7) is 1.67. The summed E-state index contributed by atoms with van der Waals surface area (Å²) in [7, 11) is 2.05. The van der Waals surface area contributed by atoms with Gasteiger partial charge in [0.25, 0.3) is 0 Å². The van der Waals surface area contributed by atoms with Crippen LogP contribution in [0.3, 0.4) is 0 Å². The second-order valence-corrected chi connectivity index (χ2v) is 5.68. The molecule has 1 aliphatic rings. The number of urea groups is 1. The molecule has 1 aliphatic carbocycles. The molecule has 2 amide bonds. The second-order valence-electron chi connectivity index (χ2n) is 5.68. The summed E-state index contributed by atoms with van der Waals surface area (Å²) in [5.74, 6) is 0.171. The first-order valence-corrected chi connectivity index (χ1v) is 7.79. The largest absolute Gasteiger partial charge is 0.396 e. The number of hydrogen-bond donors (Lipinski definition) is 3. The van der Waals surface area contributed by atoms with Crippen LogP contribution in [0.2, 0.25) is 0 Å². The van der Waals surface area contributed by atoms with Gasteiger partial charge >= 0.3 is 6.03 Å². The Morgan fingerprint density at radius 2 is 2.09 bits per heavy atom. The van der Waals surface area contributed by atoms with E-state index in [0.29, 0.717) is 6.54 Å². The summed E-state index contributed by atoms with van der Waals surface area (Å²) < 4.78 is 0. The van der Waals surface area contributed by atoms with Gasteiger partial charge in [-0.05, 0) is 25.0 Å². The van der Waals surface area contributed by atoms with Crippen molar-refractivity contribution in [1.29, 1.82) is 0 Å². The van der Waals surface area contributed by atoms with Gasteiger partial charge in [0.15, 0.2) is 0 Å². The van der Waals surface area contributed by atoms with E-state index in [-0.39, 0.29) is 24.6 Å². The van der Waals surface area contributed by atoms with Gasteiger partial charge in [-0.3, -0.25) is 0 Å². The molecule has 3 N–H and O–H groups in total. The Morgan fingerprint density at radius 1 is 1.32 bits per heavy atom. The van der Waals surface area contributed by atoms with Crippen LogP contribution in [0.25, 0.3) is 0 Å². The number of amides is 2. The Hall–Kier alpha value is -2.01. The zero-order valence-corrected chi connectivity index (χ0v) is 13.0. The minimum absolute atomic E-state index is 0.0316. The standard InChI is InChI=1S/C17H25N3O2/c1-20(16-6-3-2-4-7-16)11-5-10-18-17(22)19-15-9-8-14(12-15)13-21/h2-4,6-9,14-15,21H,5,10-13H2,1H3,(H2,18,19,22)/t14-,15+/m0/s1. The van der Waals surface area contributed by atoms with E-state index < -0.39 is 0 Å². The van der Waals surface area contributed by atoms with Gasteiger partial charge in [-0.2, -0.15) is 0 Å². The van der Waals surface area contributed by atoms with Crippen LogP contribution < -0.4 is 15.5 Å². The highest BCUT2D eigenvalue weighted by atomic mass is 16.3. The van der Waals surface area contributed by atoms with Crippen LogP contribution in [0, 0.1) is 5.92 Å². The molecule has 2 rings (SSSR count). The molecular weight excluding hydrogens is 278 g/mol. The van der Waals surface area contributed by atoms with Crippen molar-refractivity contribution < 1.29 is 9.90 Å². The fourth-order valence-electron chi connectivity index (χ4n) is 2.57. The maximum absolute atomic E-state index is 11.8. The molecule has 2 atom stereocenters. The topological polar surface area (TPSA) is 64.6 Å². The highest BCUT2D eigenvalue weighted by Crippen LogP contribution is 2.16. The number of carbonyl (C=O) groups excluding carboxylic acids is 1. The molecule has 0 heterocycles. The van der Waals surface area contributed by atoms with Gasteiger partial charge in [-0.25, -0.2) is 4.79 Å². The zero-order chi connectivity index (χ0) is 15.8. The lowest BCUT2D eigenvalue weighted by Gasteiger charge is -2.19. The van der Waals surface area contributed by atoms with Crippen molar-refractivity contribution in [3.05, 3.63) is 42.5 Å². The highest BCUT2D eigenvalue weighted by Gasteiger charge is 2.19. The Morgan fingerprint density at radius 3 is 2.77 bits per heavy atom. The van der Waals surface area contributed by atoms with Crippen molar-refractivity contribution in [1.82, 2.24) is 10.6 Å². The number of para-hydroxylation sites is 1. The molecule has 0 bridgehead atoms. The van der Waals surface area contributed by atoms with Gasteiger partial charge < -0.3 is 20.6 Å². The minimum Gasteiger partial charge on any atom is -0.396 e. The van der Waals surface area contributed by atoms with Gasteiger partial charge in [0.05, 0.1) is 0 Å². The molecule has 0 saturated carbocycles. The molecule has 0 aromatic heterocycles. The molecule has 1 aromatic carbocycles. The van der Waals surface area contributed by atoms with Gasteiger partial charge in [-0.15, -0.1) is 0 Å². The van der Waals surface area contributed by atoms with E-state index in [4.69, 9.17) is 5.11 Å². The van der Waals surface area contributed by atoms with Gasteiger partial charge in [-0.1, -0.05) is 30.4 Å². The van der Waals surface area contributed by atoms with Crippen molar-refractivity contribution >= 4 is 11.7 Å². The van der Waals surface area contributed by atoms with Gasteiger partial charge in [0, 0.05) is 44.4 Å². The third kappa shape index (κ3) is 5.07. The maximum atomic E-state index is 11.8. The monoisotopic (exact) mass is 303 g/mol. The number of anilines is 1. The number of rotatable bonds is 7. The number of hydrogen-bond acceptors (Lipinski definition) is 3. The van der Waals surface area contributed by atoms with Crippen LogP contribution >= 0.6 is 0 Å². The molecule has 0 aliphatic heterocycles. The third-order valence-corrected chi connectivity index (χ3v) is 3.88. The second kappa shape index (κ2) is 8.44. The molecule has 0 spiro atoms. The Balaban J connectivity index is 1.59. The number of aliphatic hydroxyl groups is 1. The summed E-state index contributed by atoms with van der Waals surface area (Å²) in [6.07, 6.45) is 5.57. The number of nitrogens with zero attached hydrogens (tertiary/aromatic N) is 1. The molecule has 22 heavy (non-hydrogen) atoms. The Kier molecular flexibility index (Phi) is 6.27. The smallest absolute Gasteiger partial charge is 0.315 e. The van der Waals surface area contributed by atoms with Crippen LogP contribution in [0.15, 0.2) is 42.5 Å². The predicted octanol–water partition coefficient (Wildman–Crippen LogP) is 1.75. The first kappa shape index (κ1) is 16.4. The molecule has 120 valence electrons. The average molecular weight is 303 g/mol. The van der Waals surface area contributed by atoms with Crippen LogP contribution in [0.1, 0.15) is 12.8 Å². The van der Waals surface area contributed by atoms with Gasteiger partial charge in [0.1, 0.15) is 0 Å². The SMILES string of the molecule is CN(CCCNC(=O)N[C@@H]1C=C[C@H](CO)C1)c1ccccc1. The van der Waals surface area contributed by atoms with Crippen molar-refractivity contribution in [3.8, 4) is 0 Å². The van der Waals surface area contributed by atoms with E-state index >= 15 is 0 Å². The zero-order valence-electron chi connectivity index (χ0n) is 13.0. The van der Waals surface area contributed by atoms with Crippen LogP contribution in [0.5, 0.6) is 0 Å². The number of carbonyl (C=O) groups is 1. The van der Waals surface area contributed by atoms with E-state index in [1.807, 2.05) is 37.4 Å². The van der Waals surface area contributed by atoms with Crippen molar-refractivity contribution in [2.45, 2.75) is 18.9 Å². The van der Waals surface area contributed by atoms with E-state index in [1.165, 1.54) is 5.69 Å². The van der Waals surface area contributed by atoms with Crippen molar-refractivity contribution in [2.75, 3.05) is 31.6 Å². The van der Waals surface area contributed by atoms with Crippen LogP contribution in [0.4, 0.5) is 10.5 Å². The third-order valence-electron chi connectivity index (χ3n) is 3.88. The molecule has 5 heteroatoms. The normalized spacial score (nSPS) is 19.9. The summed E-state index contributed by atoms with van der Waals surface area (Å²) in [6, 6.07) is 10.1. The molecule has 0 unspecified atom stereocenters. The molecule has 1 aromatic rings. The maximum Gasteiger partial charge on any atom is 0.315 e. The fraction of sp³-hybridized carbons (Fsp3) is 0.471. The molecule has 5 nitrogen and oxygen atoms in total. The Labute approximate surface area is 132 Å². The molecular formula is C17H25N3O2. The number of benzene rings is 1. The number of nitrogens with one attached hydrogen (secondary N) is 2. The fourth-order valence-corrected chi connectivity index (χ4v) is 2.57. The number of aliphatic hydroxyl groups excluding tert-OH is 1. The summed E-state index contributed by atoms with van der Waals surface area (Å²) in [5, 5.41) is 14.8. The lowest BCUT2D eigenvalue weighted by molar-refractivity contribution is 0.231. The van der Waals surface area contributed by atoms with Crippen molar-refractivity contribution in [2.24, 2.45) is 5.92 Å². The summed E-state index contributed by atoms with van der Waals surface area (Å²) in [4.78, 5) is 13.9. The first-order chi connectivity index (χ1) is 10.7. The molecule has 0 saturated heterocycles. The lowest BCUT2D eigenvalue weighted by Crippen LogP contribution is -2.41. The Bertz CT molecular complexity index is 490. The van der Waals surface area contributed by atoms with Crippen molar-refractivity contribution in [3.63, 3.8) is 0 Å². The van der Waals surface area contributed by atoms with E-state index in [9.17, 15) is 4.79 Å². The first-order valence-electron chi connectivity index (χ1n) is 7.79. The van der Waals surface area contributed by atoms with Crippen LogP contribution in [-0.4, -0.2) is 43.9 Å². The predicted molar refractivity (Wildman–Crippen MR) is 89.0 cm³/mol. The average Bonchev–Trinajstić information content (AvgIpc) is 2.99. The van der Waals surface area contributed by atoms with Gasteiger partial charge in [0.2, 0.25) is 0 Å². The van der Waals surface area contributed by atoms with E-state index in [0.717, 1.165) is 19.4 Å². The highest BCUT2D eigenvalue weighted by molar-refractivity contribution is 5.74. The summed E-state index contributed by atoms with van der Waals surface area (Å²) >= 11 is 0. The summed E-state index contributed by atoms with van der Waals surface area (Å²) in [5.41, 5.74) is 1.18. The lowest BCUT2D eigenvalue weighted by atomic mass is 10.1.